The van der Waals surface area contributed by atoms with Crippen LogP contribution in [-0.4, -0.2) is 66.4 Å². The molecular weight excluding hydrogens is 618 g/mol. The van der Waals surface area contributed by atoms with E-state index in [1.54, 1.807) is 0 Å². The number of halogens is 8. The molecule has 2 unspecified atom stereocenters. The number of rotatable bonds is 4. The molecule has 2 fully saturated rings. The van der Waals surface area contributed by atoms with Crippen molar-refractivity contribution in [3.05, 3.63) is 65.0 Å². The number of benzene rings is 2. The molecule has 2 saturated heterocycles. The van der Waals surface area contributed by atoms with E-state index in [2.05, 4.69) is 0 Å². The van der Waals surface area contributed by atoms with Crippen LogP contribution >= 0.6 is 11.8 Å². The van der Waals surface area contributed by atoms with Crippen molar-refractivity contribution >= 4 is 27.5 Å². The first-order valence-electron chi connectivity index (χ1n) is 13.0. The average molecular weight is 644 g/mol. The maximum Gasteiger partial charge on any atom is 0.435 e. The zero-order chi connectivity index (χ0) is 30.9. The van der Waals surface area contributed by atoms with Gasteiger partial charge in [-0.2, -0.15) is 38.1 Å². The normalized spacial score (nSPS) is 24.7. The molecule has 2 aromatic carbocycles. The molecule has 0 radical (unpaired) electrons. The number of aliphatic hydroxyl groups is 1. The van der Waals surface area contributed by atoms with E-state index < -0.39 is 66.4 Å². The van der Waals surface area contributed by atoms with Crippen LogP contribution in [0.25, 0.3) is 0 Å². The number of nitrogens with zero attached hydrogens (tertiary/aromatic N) is 1. The molecule has 1 N–H and O–H groups in total. The molecule has 0 aromatic heterocycles. The fraction of sp³-hybridized carbons (Fsp3) is 0.519. The number of alkyl halides is 7. The highest BCUT2D eigenvalue weighted by Crippen LogP contribution is 2.57. The van der Waals surface area contributed by atoms with Gasteiger partial charge in [0.25, 0.3) is 5.91 Å². The highest BCUT2D eigenvalue weighted by Gasteiger charge is 2.74. The summed E-state index contributed by atoms with van der Waals surface area (Å²) in [5.74, 6) is -0.681. The fourth-order valence-corrected chi connectivity index (χ4v) is 10.1. The molecule has 2 aliphatic heterocycles. The van der Waals surface area contributed by atoms with E-state index >= 15 is 0 Å². The van der Waals surface area contributed by atoms with Crippen LogP contribution in [0, 0.1) is 5.82 Å². The van der Waals surface area contributed by atoms with E-state index in [9.17, 15) is 53.4 Å². The molecule has 0 bridgehead atoms. The summed E-state index contributed by atoms with van der Waals surface area (Å²) in [6, 6.07) is 4.15. The minimum Gasteiger partial charge on any atom is -0.380 e. The van der Waals surface area contributed by atoms with Crippen molar-refractivity contribution < 1.29 is 53.4 Å². The lowest BCUT2D eigenvalue weighted by molar-refractivity contribution is -0.348. The molecule has 2 heterocycles. The number of carbonyl (C=O) groups excluding carboxylic acids is 1. The Bertz CT molecular complexity index is 1490. The Morgan fingerprint density at radius 1 is 0.952 bits per heavy atom. The number of sulfone groups is 1. The second kappa shape index (κ2) is 10.1. The monoisotopic (exact) mass is 643 g/mol. The summed E-state index contributed by atoms with van der Waals surface area (Å²) >= 11 is 1.53. The first kappa shape index (κ1) is 31.0. The third-order valence-electron chi connectivity index (χ3n) is 8.63. The van der Waals surface area contributed by atoms with Crippen LogP contribution in [0.3, 0.4) is 0 Å². The van der Waals surface area contributed by atoms with Gasteiger partial charge in [-0.05, 0) is 72.9 Å². The second-order valence-corrected chi connectivity index (χ2v) is 14.3. The minimum absolute atomic E-state index is 0.108. The third-order valence-corrected chi connectivity index (χ3v) is 12.1. The first-order valence-corrected chi connectivity index (χ1v) is 15.6. The maximum atomic E-state index is 14.9. The van der Waals surface area contributed by atoms with E-state index in [1.807, 2.05) is 0 Å². The van der Waals surface area contributed by atoms with Crippen LogP contribution in [0.1, 0.15) is 42.4 Å². The van der Waals surface area contributed by atoms with Crippen molar-refractivity contribution in [1.82, 2.24) is 4.90 Å². The van der Waals surface area contributed by atoms with Crippen molar-refractivity contribution in [3.63, 3.8) is 0 Å². The first-order chi connectivity index (χ1) is 19.4. The number of thioether (sulfide) groups is 1. The third kappa shape index (κ3) is 4.44. The summed E-state index contributed by atoms with van der Waals surface area (Å²) in [6.45, 7) is -0.202. The summed E-state index contributed by atoms with van der Waals surface area (Å²) < 4.78 is 137. The zero-order valence-corrected chi connectivity index (χ0v) is 23.4. The van der Waals surface area contributed by atoms with Gasteiger partial charge in [0.1, 0.15) is 16.2 Å². The number of fused-ring (bicyclic) bond motifs is 3. The summed E-state index contributed by atoms with van der Waals surface area (Å²) in [5, 5.41) is 11.1. The van der Waals surface area contributed by atoms with Gasteiger partial charge in [-0.1, -0.05) is 24.3 Å². The van der Waals surface area contributed by atoms with Crippen molar-refractivity contribution in [2.45, 2.75) is 71.4 Å². The summed E-state index contributed by atoms with van der Waals surface area (Å²) in [4.78, 5) is 14.4. The van der Waals surface area contributed by atoms with E-state index in [-0.39, 0.29) is 55.8 Å². The van der Waals surface area contributed by atoms with Crippen molar-refractivity contribution in [3.8, 4) is 0 Å². The minimum atomic E-state index is -6.37. The number of likely N-dealkylation sites (tertiary alicyclic amines) is 1. The van der Waals surface area contributed by atoms with Crippen LogP contribution < -0.4 is 0 Å². The fourth-order valence-electron chi connectivity index (χ4n) is 6.51. The molecule has 230 valence electrons. The van der Waals surface area contributed by atoms with Crippen molar-refractivity contribution in [2.24, 2.45) is 0 Å². The number of hydrogen-bond donors (Lipinski definition) is 1. The molecule has 5 rings (SSSR count). The summed E-state index contributed by atoms with van der Waals surface area (Å²) in [7, 11) is -4.68. The van der Waals surface area contributed by atoms with E-state index in [0.717, 1.165) is 30.3 Å². The van der Waals surface area contributed by atoms with Gasteiger partial charge >= 0.3 is 18.0 Å². The molecule has 3 aliphatic rings. The number of hydrogen-bond acceptors (Lipinski definition) is 5. The van der Waals surface area contributed by atoms with E-state index in [4.69, 9.17) is 0 Å². The molecule has 1 amide bonds. The van der Waals surface area contributed by atoms with Gasteiger partial charge in [0.05, 0.1) is 10.9 Å². The van der Waals surface area contributed by atoms with Crippen molar-refractivity contribution in [1.29, 1.82) is 0 Å². The Kier molecular flexibility index (Phi) is 7.45. The second-order valence-electron chi connectivity index (χ2n) is 10.8. The molecule has 2 atom stereocenters. The highest BCUT2D eigenvalue weighted by molar-refractivity contribution is 7.99. The predicted octanol–water partition coefficient (Wildman–Crippen LogP) is 5.59. The largest absolute Gasteiger partial charge is 0.435 e. The predicted molar refractivity (Wildman–Crippen MR) is 137 cm³/mol. The topological polar surface area (TPSA) is 74.7 Å². The lowest BCUT2D eigenvalue weighted by Gasteiger charge is -2.44. The molecule has 15 heteroatoms. The lowest BCUT2D eigenvalue weighted by Crippen LogP contribution is -2.57. The Balaban J connectivity index is 1.70. The van der Waals surface area contributed by atoms with E-state index in [0.29, 0.717) is 17.6 Å². The molecule has 0 saturated carbocycles. The van der Waals surface area contributed by atoms with Gasteiger partial charge in [0.15, 0.2) is 9.84 Å². The van der Waals surface area contributed by atoms with Gasteiger partial charge in [-0.3, -0.25) is 4.79 Å². The average Bonchev–Trinajstić information content (AvgIpc) is 3.32. The Labute approximate surface area is 240 Å². The Hall–Kier alpha value is -2.39. The standard InChI is InChI=1S/C27H25F8NO4S2/c28-18-2-1-3-19(15-18)42(39,40)24-8-11-36(22(37)23(38)9-12-41-13-10-23)21(24)7-4-16-14-17(5-6-20(16)24)25(29,26(30,31)32)27(33,34)35/h1-3,5-6,14-15,21,38H,4,7-13H2. The van der Waals surface area contributed by atoms with Crippen LogP contribution in [0.15, 0.2) is 47.4 Å². The Morgan fingerprint density at radius 3 is 2.19 bits per heavy atom. The highest BCUT2D eigenvalue weighted by atomic mass is 32.2. The van der Waals surface area contributed by atoms with E-state index in [1.165, 1.54) is 16.7 Å². The van der Waals surface area contributed by atoms with Crippen LogP contribution in [0.4, 0.5) is 35.1 Å². The smallest absolute Gasteiger partial charge is 0.380 e. The van der Waals surface area contributed by atoms with Gasteiger partial charge in [0.2, 0.25) is 0 Å². The van der Waals surface area contributed by atoms with Gasteiger partial charge in [-0.25, -0.2) is 17.2 Å². The molecule has 42 heavy (non-hydrogen) atoms. The lowest BCUT2D eigenvalue weighted by atomic mass is 9.76. The van der Waals surface area contributed by atoms with Gasteiger partial charge in [0, 0.05) is 12.1 Å². The number of aryl methyl sites for hydroxylation is 1. The van der Waals surface area contributed by atoms with Crippen LogP contribution in [0.5, 0.6) is 0 Å². The number of carbonyl (C=O) groups is 1. The van der Waals surface area contributed by atoms with Crippen LogP contribution in [-0.2, 0) is 31.5 Å². The molecular formula is C27H25F8NO4S2. The Morgan fingerprint density at radius 2 is 1.60 bits per heavy atom. The van der Waals surface area contributed by atoms with Gasteiger partial charge in [-0.15, -0.1) is 0 Å². The maximum absolute atomic E-state index is 14.9. The molecule has 2 aromatic rings. The zero-order valence-electron chi connectivity index (χ0n) is 21.7. The number of amides is 1. The van der Waals surface area contributed by atoms with Gasteiger partial charge < -0.3 is 10.0 Å². The molecule has 0 spiro atoms. The molecule has 5 nitrogen and oxygen atoms in total. The summed E-state index contributed by atoms with van der Waals surface area (Å²) in [6.07, 6.45) is -13.4. The van der Waals surface area contributed by atoms with Crippen LogP contribution in [0.2, 0.25) is 0 Å². The quantitative estimate of drug-likeness (QED) is 0.440. The van der Waals surface area contributed by atoms with Crippen molar-refractivity contribution in [2.75, 3.05) is 18.1 Å². The molecule has 1 aliphatic carbocycles. The SMILES string of the molecule is O=C(N1CCC2(S(=O)(=O)c3cccc(F)c3)c3ccc(C(F)(C(F)(F)F)C(F)(F)F)cc3CCC12)C1(O)CCSCC1. The summed E-state index contributed by atoms with van der Waals surface area (Å²) in [5.41, 5.74) is -9.71.